The molecule has 3 heteroatoms. The van der Waals surface area contributed by atoms with Crippen LogP contribution in [0.25, 0.3) is 0 Å². The quantitative estimate of drug-likeness (QED) is 0.926. The van der Waals surface area contributed by atoms with E-state index in [9.17, 15) is 0 Å². The Morgan fingerprint density at radius 2 is 2.05 bits per heavy atom. The van der Waals surface area contributed by atoms with Crippen LogP contribution in [0.15, 0.2) is 53.1 Å². The summed E-state index contributed by atoms with van der Waals surface area (Å²) in [6, 6.07) is 15.3. The molecule has 0 bridgehead atoms. The van der Waals surface area contributed by atoms with E-state index in [-0.39, 0.29) is 0 Å². The predicted molar refractivity (Wildman–Crippen MR) is 80.5 cm³/mol. The lowest BCUT2D eigenvalue weighted by Crippen LogP contribution is -2.38. The number of hydrogen-bond donors (Lipinski definition) is 1. The van der Waals surface area contributed by atoms with Gasteiger partial charge in [-0.15, -0.1) is 0 Å². The number of furan rings is 1. The third-order valence-electron chi connectivity index (χ3n) is 3.85. The fourth-order valence-electron chi connectivity index (χ4n) is 2.88. The van der Waals surface area contributed by atoms with Gasteiger partial charge >= 0.3 is 0 Å². The number of nitrogens with zero attached hydrogens (tertiary/aromatic N) is 1. The van der Waals surface area contributed by atoms with Crippen molar-refractivity contribution in [3.05, 3.63) is 60.1 Å². The van der Waals surface area contributed by atoms with Gasteiger partial charge in [0.15, 0.2) is 0 Å². The smallest absolute Gasteiger partial charge is 0.117 e. The lowest BCUT2D eigenvalue weighted by Gasteiger charge is -2.23. The van der Waals surface area contributed by atoms with Gasteiger partial charge in [-0.2, -0.15) is 0 Å². The topological polar surface area (TPSA) is 28.4 Å². The summed E-state index contributed by atoms with van der Waals surface area (Å²) in [4.78, 5) is 2.49. The van der Waals surface area contributed by atoms with Crippen molar-refractivity contribution < 1.29 is 4.42 Å². The molecule has 106 valence electrons. The molecular formula is C17H22N2O. The van der Waals surface area contributed by atoms with Gasteiger partial charge in [-0.05, 0) is 43.6 Å². The Morgan fingerprint density at radius 3 is 2.85 bits per heavy atom. The molecule has 1 N–H and O–H groups in total. The van der Waals surface area contributed by atoms with Crippen LogP contribution < -0.4 is 5.32 Å². The van der Waals surface area contributed by atoms with Gasteiger partial charge in [0.25, 0.3) is 0 Å². The van der Waals surface area contributed by atoms with Gasteiger partial charge in [-0.3, -0.25) is 4.90 Å². The molecule has 1 aliphatic heterocycles. The Bertz CT molecular complexity index is 495. The van der Waals surface area contributed by atoms with Crippen molar-refractivity contribution in [3.8, 4) is 0 Å². The number of nitrogens with one attached hydrogen (secondary N) is 1. The van der Waals surface area contributed by atoms with Crippen molar-refractivity contribution in [2.75, 3.05) is 19.6 Å². The Labute approximate surface area is 120 Å². The first-order valence-electron chi connectivity index (χ1n) is 7.42. The minimum absolute atomic E-state index is 0.523. The summed E-state index contributed by atoms with van der Waals surface area (Å²) in [6.45, 7) is 4.24. The zero-order valence-corrected chi connectivity index (χ0v) is 11.8. The van der Waals surface area contributed by atoms with E-state index in [0.717, 1.165) is 38.4 Å². The van der Waals surface area contributed by atoms with E-state index in [1.807, 2.05) is 6.07 Å². The Morgan fingerprint density at radius 1 is 1.15 bits per heavy atom. The van der Waals surface area contributed by atoms with Crippen LogP contribution in [0.5, 0.6) is 0 Å². The highest BCUT2D eigenvalue weighted by atomic mass is 16.3. The second kappa shape index (κ2) is 6.73. The SMILES string of the molecule is c1ccc(CC2CN(Cc3ccco3)CCCN2)cc1. The molecule has 1 unspecified atom stereocenters. The molecule has 2 heterocycles. The standard InChI is InChI=1S/C17H22N2O/c1-2-6-15(7-3-1)12-16-13-19(10-5-9-18-16)14-17-8-4-11-20-17/h1-4,6-8,11,16,18H,5,9-10,12-14H2. The highest BCUT2D eigenvalue weighted by Gasteiger charge is 2.18. The van der Waals surface area contributed by atoms with Gasteiger partial charge in [0.2, 0.25) is 0 Å². The third kappa shape index (κ3) is 3.71. The zero-order valence-electron chi connectivity index (χ0n) is 11.8. The van der Waals surface area contributed by atoms with E-state index in [2.05, 4.69) is 46.6 Å². The Kier molecular flexibility index (Phi) is 4.51. The van der Waals surface area contributed by atoms with E-state index in [1.54, 1.807) is 6.26 Å². The van der Waals surface area contributed by atoms with Crippen molar-refractivity contribution in [2.45, 2.75) is 25.4 Å². The Balaban J connectivity index is 1.60. The molecule has 1 aromatic carbocycles. The maximum atomic E-state index is 5.47. The molecule has 1 fully saturated rings. The van der Waals surface area contributed by atoms with Crippen molar-refractivity contribution in [2.24, 2.45) is 0 Å². The van der Waals surface area contributed by atoms with Crippen molar-refractivity contribution in [3.63, 3.8) is 0 Å². The lowest BCUT2D eigenvalue weighted by atomic mass is 10.1. The molecular weight excluding hydrogens is 248 g/mol. The Hall–Kier alpha value is -1.58. The summed E-state index contributed by atoms with van der Waals surface area (Å²) < 4.78 is 5.47. The molecule has 0 radical (unpaired) electrons. The molecule has 0 saturated carbocycles. The molecule has 0 aliphatic carbocycles. The summed E-state index contributed by atoms with van der Waals surface area (Å²) in [5.41, 5.74) is 1.41. The normalized spacial score (nSPS) is 20.7. The molecule has 0 amide bonds. The highest BCUT2D eigenvalue weighted by molar-refractivity contribution is 5.16. The predicted octanol–water partition coefficient (Wildman–Crippen LogP) is 2.69. The summed E-state index contributed by atoms with van der Waals surface area (Å²) in [5, 5.41) is 3.67. The van der Waals surface area contributed by atoms with E-state index in [0.29, 0.717) is 6.04 Å². The van der Waals surface area contributed by atoms with Gasteiger partial charge in [0, 0.05) is 12.6 Å². The summed E-state index contributed by atoms with van der Waals surface area (Å²) in [7, 11) is 0. The largest absolute Gasteiger partial charge is 0.468 e. The monoisotopic (exact) mass is 270 g/mol. The molecule has 1 saturated heterocycles. The first-order chi connectivity index (χ1) is 9.90. The van der Waals surface area contributed by atoms with Crippen molar-refractivity contribution in [1.29, 1.82) is 0 Å². The maximum absolute atomic E-state index is 5.47. The van der Waals surface area contributed by atoms with Crippen LogP contribution >= 0.6 is 0 Å². The molecule has 3 nitrogen and oxygen atoms in total. The number of benzene rings is 1. The van der Waals surface area contributed by atoms with Gasteiger partial charge in [-0.1, -0.05) is 30.3 Å². The third-order valence-corrected chi connectivity index (χ3v) is 3.85. The first-order valence-corrected chi connectivity index (χ1v) is 7.42. The fourth-order valence-corrected chi connectivity index (χ4v) is 2.88. The minimum Gasteiger partial charge on any atom is -0.468 e. The van der Waals surface area contributed by atoms with Crippen LogP contribution in [-0.4, -0.2) is 30.6 Å². The zero-order chi connectivity index (χ0) is 13.6. The molecule has 3 rings (SSSR count). The van der Waals surface area contributed by atoms with Crippen molar-refractivity contribution >= 4 is 0 Å². The van der Waals surface area contributed by atoms with E-state index < -0.39 is 0 Å². The maximum Gasteiger partial charge on any atom is 0.117 e. The molecule has 0 spiro atoms. The van der Waals surface area contributed by atoms with Crippen LogP contribution in [0, 0.1) is 0 Å². The van der Waals surface area contributed by atoms with Crippen LogP contribution in [-0.2, 0) is 13.0 Å². The molecule has 2 aromatic rings. The van der Waals surface area contributed by atoms with Crippen molar-refractivity contribution in [1.82, 2.24) is 10.2 Å². The lowest BCUT2D eigenvalue weighted by molar-refractivity contribution is 0.238. The van der Waals surface area contributed by atoms with Crippen LogP contribution in [0.3, 0.4) is 0 Å². The van der Waals surface area contributed by atoms with Gasteiger partial charge in [0.05, 0.1) is 12.8 Å². The number of rotatable bonds is 4. The molecule has 1 aliphatic rings. The average molecular weight is 270 g/mol. The average Bonchev–Trinajstić information content (AvgIpc) is 2.87. The first kappa shape index (κ1) is 13.4. The van der Waals surface area contributed by atoms with Crippen LogP contribution in [0.1, 0.15) is 17.7 Å². The van der Waals surface area contributed by atoms with Gasteiger partial charge in [0.1, 0.15) is 5.76 Å². The van der Waals surface area contributed by atoms with E-state index >= 15 is 0 Å². The fraction of sp³-hybridized carbons (Fsp3) is 0.412. The van der Waals surface area contributed by atoms with E-state index in [1.165, 1.54) is 12.0 Å². The summed E-state index contributed by atoms with van der Waals surface area (Å²) in [5.74, 6) is 1.06. The summed E-state index contributed by atoms with van der Waals surface area (Å²) >= 11 is 0. The van der Waals surface area contributed by atoms with E-state index in [4.69, 9.17) is 4.42 Å². The molecule has 1 aromatic heterocycles. The molecule has 20 heavy (non-hydrogen) atoms. The molecule has 1 atom stereocenters. The summed E-state index contributed by atoms with van der Waals surface area (Å²) in [6.07, 6.45) is 4.05. The van der Waals surface area contributed by atoms with Gasteiger partial charge < -0.3 is 9.73 Å². The van der Waals surface area contributed by atoms with Gasteiger partial charge in [-0.25, -0.2) is 0 Å². The van der Waals surface area contributed by atoms with Crippen LogP contribution in [0.2, 0.25) is 0 Å². The number of hydrogen-bond acceptors (Lipinski definition) is 3. The minimum atomic E-state index is 0.523. The second-order valence-corrected chi connectivity index (χ2v) is 5.51. The van der Waals surface area contributed by atoms with Crippen LogP contribution in [0.4, 0.5) is 0 Å². The second-order valence-electron chi connectivity index (χ2n) is 5.51. The highest BCUT2D eigenvalue weighted by Crippen LogP contribution is 2.11.